The highest BCUT2D eigenvalue weighted by Crippen LogP contribution is 2.13. The molecule has 0 atom stereocenters. The maximum Gasteiger partial charge on any atom is 0.239 e. The topological polar surface area (TPSA) is 53.6 Å². The van der Waals surface area contributed by atoms with Crippen molar-refractivity contribution >= 4 is 11.6 Å². The van der Waals surface area contributed by atoms with Crippen LogP contribution in [0.25, 0.3) is 0 Å². The molecule has 0 aliphatic heterocycles. The maximum atomic E-state index is 11.5. The van der Waals surface area contributed by atoms with Gasteiger partial charge in [0.1, 0.15) is 0 Å². The Labute approximate surface area is 121 Å². The molecular weight excluding hydrogens is 254 g/mol. The third-order valence-corrected chi connectivity index (χ3v) is 2.94. The van der Waals surface area contributed by atoms with Gasteiger partial charge in [0.05, 0.1) is 13.2 Å². The fourth-order valence-electron chi connectivity index (χ4n) is 1.84. The third-order valence-electron chi connectivity index (χ3n) is 2.94. The van der Waals surface area contributed by atoms with Gasteiger partial charge in [-0.15, -0.1) is 0 Å². The van der Waals surface area contributed by atoms with Crippen LogP contribution >= 0.6 is 0 Å². The maximum absolute atomic E-state index is 11.5. The summed E-state index contributed by atoms with van der Waals surface area (Å²) < 4.78 is 4.98. The van der Waals surface area contributed by atoms with E-state index >= 15 is 0 Å². The highest BCUT2D eigenvalue weighted by atomic mass is 16.5. The summed E-state index contributed by atoms with van der Waals surface area (Å²) in [5.74, 6) is 0.0420. The second-order valence-corrected chi connectivity index (χ2v) is 4.65. The van der Waals surface area contributed by atoms with E-state index in [-0.39, 0.29) is 5.91 Å². The molecule has 0 saturated heterocycles. The van der Waals surface area contributed by atoms with Crippen LogP contribution in [0, 0.1) is 0 Å². The fraction of sp³-hybridized carbons (Fsp3) is 0.533. The molecule has 112 valence electrons. The minimum absolute atomic E-state index is 0.0420. The Morgan fingerprint density at radius 1 is 1.30 bits per heavy atom. The van der Waals surface area contributed by atoms with Gasteiger partial charge in [-0.05, 0) is 24.6 Å². The molecule has 20 heavy (non-hydrogen) atoms. The highest BCUT2D eigenvalue weighted by Gasteiger charge is 2.06. The van der Waals surface area contributed by atoms with Crippen LogP contribution in [0.4, 0.5) is 5.69 Å². The minimum atomic E-state index is 0.0420. The summed E-state index contributed by atoms with van der Waals surface area (Å²) in [5, 5.41) is 6.09. The molecule has 1 amide bonds. The monoisotopic (exact) mass is 279 g/mol. The van der Waals surface area contributed by atoms with Crippen molar-refractivity contribution < 1.29 is 9.53 Å². The zero-order valence-electron chi connectivity index (χ0n) is 12.6. The van der Waals surface area contributed by atoms with Crippen LogP contribution in [0.15, 0.2) is 24.3 Å². The summed E-state index contributed by atoms with van der Waals surface area (Å²) in [6.45, 7) is 5.34. The lowest BCUT2D eigenvalue weighted by Crippen LogP contribution is -2.34. The minimum Gasteiger partial charge on any atom is -0.383 e. The second kappa shape index (κ2) is 9.34. The SMILES string of the molecule is CCNC(=O)CN(C)c1ccc(CNCCOC)cc1. The average molecular weight is 279 g/mol. The Hall–Kier alpha value is -1.59. The number of amides is 1. The molecule has 5 heteroatoms. The molecular formula is C15H25N3O2. The molecule has 1 aromatic carbocycles. The lowest BCUT2D eigenvalue weighted by atomic mass is 10.2. The first-order chi connectivity index (χ1) is 9.67. The molecule has 0 unspecified atom stereocenters. The number of likely N-dealkylation sites (N-methyl/N-ethyl adjacent to an activating group) is 2. The number of hydrogen-bond donors (Lipinski definition) is 2. The van der Waals surface area contributed by atoms with Gasteiger partial charge in [0.2, 0.25) is 5.91 Å². The lowest BCUT2D eigenvalue weighted by Gasteiger charge is -2.19. The summed E-state index contributed by atoms with van der Waals surface area (Å²) in [4.78, 5) is 13.5. The van der Waals surface area contributed by atoms with Crippen LogP contribution in [-0.2, 0) is 16.1 Å². The number of carbonyl (C=O) groups excluding carboxylic acids is 1. The van der Waals surface area contributed by atoms with Gasteiger partial charge >= 0.3 is 0 Å². The molecule has 0 bridgehead atoms. The molecule has 0 fully saturated rings. The first-order valence-corrected chi connectivity index (χ1v) is 6.93. The van der Waals surface area contributed by atoms with Gasteiger partial charge in [-0.25, -0.2) is 0 Å². The summed E-state index contributed by atoms with van der Waals surface area (Å²) in [7, 11) is 3.61. The average Bonchev–Trinajstić information content (AvgIpc) is 2.44. The van der Waals surface area contributed by atoms with E-state index in [2.05, 4.69) is 22.8 Å². The van der Waals surface area contributed by atoms with Crippen LogP contribution in [0.5, 0.6) is 0 Å². The van der Waals surface area contributed by atoms with Crippen molar-refractivity contribution in [1.82, 2.24) is 10.6 Å². The van der Waals surface area contributed by atoms with Gasteiger partial charge in [0.15, 0.2) is 0 Å². The van der Waals surface area contributed by atoms with Crippen molar-refractivity contribution in [2.24, 2.45) is 0 Å². The summed E-state index contributed by atoms with van der Waals surface area (Å²) in [5.41, 5.74) is 2.26. The molecule has 2 N–H and O–H groups in total. The van der Waals surface area contributed by atoms with E-state index in [1.807, 2.05) is 31.0 Å². The molecule has 5 nitrogen and oxygen atoms in total. The van der Waals surface area contributed by atoms with Crippen LogP contribution in [0.3, 0.4) is 0 Å². The number of nitrogens with zero attached hydrogens (tertiary/aromatic N) is 1. The number of nitrogens with one attached hydrogen (secondary N) is 2. The van der Waals surface area contributed by atoms with Crippen LogP contribution in [-0.4, -0.2) is 46.3 Å². The molecule has 1 aromatic rings. The van der Waals surface area contributed by atoms with Crippen molar-refractivity contribution in [3.8, 4) is 0 Å². The van der Waals surface area contributed by atoms with Crippen LogP contribution in [0.1, 0.15) is 12.5 Å². The van der Waals surface area contributed by atoms with E-state index in [9.17, 15) is 4.79 Å². The molecule has 0 aliphatic rings. The molecule has 0 radical (unpaired) electrons. The Morgan fingerprint density at radius 3 is 2.60 bits per heavy atom. The quantitative estimate of drug-likeness (QED) is 0.662. The first kappa shape index (κ1) is 16.5. The van der Waals surface area contributed by atoms with Crippen molar-refractivity contribution in [3.63, 3.8) is 0 Å². The standard InChI is InChI=1S/C15H25N3O2/c1-4-17-15(19)12-18(2)14-7-5-13(6-8-14)11-16-9-10-20-3/h5-8,16H,4,9-12H2,1-3H3,(H,17,19). The fourth-order valence-corrected chi connectivity index (χ4v) is 1.84. The molecule has 0 aromatic heterocycles. The Morgan fingerprint density at radius 2 is 2.00 bits per heavy atom. The molecule has 1 rings (SSSR count). The first-order valence-electron chi connectivity index (χ1n) is 6.93. The summed E-state index contributed by atoms with van der Waals surface area (Å²) in [6.07, 6.45) is 0. The van der Waals surface area contributed by atoms with Crippen LogP contribution in [0.2, 0.25) is 0 Å². The zero-order chi connectivity index (χ0) is 14.8. The van der Waals surface area contributed by atoms with Crippen molar-refractivity contribution in [1.29, 1.82) is 0 Å². The molecule has 0 spiro atoms. The number of methoxy groups -OCH3 is 1. The van der Waals surface area contributed by atoms with Crippen LogP contribution < -0.4 is 15.5 Å². The Kier molecular flexibility index (Phi) is 7.69. The number of hydrogen-bond acceptors (Lipinski definition) is 4. The molecule has 0 saturated carbocycles. The Balaban J connectivity index is 2.42. The van der Waals surface area contributed by atoms with Gasteiger partial charge < -0.3 is 20.3 Å². The van der Waals surface area contributed by atoms with E-state index in [1.165, 1.54) is 5.56 Å². The smallest absolute Gasteiger partial charge is 0.239 e. The Bertz CT molecular complexity index is 393. The predicted molar refractivity (Wildman–Crippen MR) is 82.0 cm³/mol. The number of rotatable bonds is 9. The highest BCUT2D eigenvalue weighted by molar-refractivity contribution is 5.81. The van der Waals surface area contributed by atoms with E-state index in [0.29, 0.717) is 19.7 Å². The van der Waals surface area contributed by atoms with Gasteiger partial charge in [0.25, 0.3) is 0 Å². The van der Waals surface area contributed by atoms with E-state index in [1.54, 1.807) is 7.11 Å². The number of ether oxygens (including phenoxy) is 1. The van der Waals surface area contributed by atoms with Gasteiger partial charge in [-0.1, -0.05) is 12.1 Å². The summed E-state index contributed by atoms with van der Waals surface area (Å²) >= 11 is 0. The number of anilines is 1. The van der Waals surface area contributed by atoms with E-state index < -0.39 is 0 Å². The van der Waals surface area contributed by atoms with Crippen molar-refractivity contribution in [2.75, 3.05) is 45.3 Å². The van der Waals surface area contributed by atoms with E-state index in [4.69, 9.17) is 4.74 Å². The van der Waals surface area contributed by atoms with Gasteiger partial charge in [0, 0.05) is 39.5 Å². The predicted octanol–water partition coefficient (Wildman–Crippen LogP) is 0.995. The largest absolute Gasteiger partial charge is 0.383 e. The van der Waals surface area contributed by atoms with Crippen molar-refractivity contribution in [3.05, 3.63) is 29.8 Å². The second-order valence-electron chi connectivity index (χ2n) is 4.65. The van der Waals surface area contributed by atoms with E-state index in [0.717, 1.165) is 18.8 Å². The molecule has 0 heterocycles. The lowest BCUT2D eigenvalue weighted by molar-refractivity contribution is -0.119. The number of benzene rings is 1. The normalized spacial score (nSPS) is 10.3. The van der Waals surface area contributed by atoms with Crippen molar-refractivity contribution in [2.45, 2.75) is 13.5 Å². The third kappa shape index (κ3) is 6.04. The summed E-state index contributed by atoms with van der Waals surface area (Å²) in [6, 6.07) is 8.21. The zero-order valence-corrected chi connectivity index (χ0v) is 12.6. The molecule has 0 aliphatic carbocycles. The number of carbonyl (C=O) groups is 1. The van der Waals surface area contributed by atoms with Gasteiger partial charge in [-0.2, -0.15) is 0 Å². The van der Waals surface area contributed by atoms with Gasteiger partial charge in [-0.3, -0.25) is 4.79 Å².